The molecule has 0 atom stereocenters. The Morgan fingerprint density at radius 3 is 2.38 bits per heavy atom. The predicted molar refractivity (Wildman–Crippen MR) is 117 cm³/mol. The Morgan fingerprint density at radius 2 is 1.56 bits per heavy atom. The molecule has 0 unspecified atom stereocenters. The molecule has 0 fully saturated rings. The number of carbonyl (C=O) groups is 2. The molecule has 2 heterocycles. The summed E-state index contributed by atoms with van der Waals surface area (Å²) in [6.45, 7) is 2.91. The van der Waals surface area contributed by atoms with Gasteiger partial charge in [-0.3, -0.25) is 9.69 Å². The lowest BCUT2D eigenvalue weighted by atomic mass is 10.1. The first-order valence-electron chi connectivity index (χ1n) is 10.4. The number of nitrogens with one attached hydrogen (secondary N) is 1. The van der Waals surface area contributed by atoms with E-state index in [1.54, 1.807) is 12.1 Å². The van der Waals surface area contributed by atoms with Crippen LogP contribution < -0.4 is 14.8 Å². The summed E-state index contributed by atoms with van der Waals surface area (Å²) in [6.07, 6.45) is 0. The van der Waals surface area contributed by atoms with Gasteiger partial charge in [0.05, 0.1) is 5.56 Å². The van der Waals surface area contributed by atoms with Crippen LogP contribution in [-0.4, -0.2) is 28.7 Å². The lowest BCUT2D eigenvalue weighted by molar-refractivity contribution is 0.0696. The highest BCUT2D eigenvalue weighted by Crippen LogP contribution is 2.32. The fraction of sp³-hybridized carbons (Fsp3) is 0.200. The first kappa shape index (κ1) is 20.1. The molecule has 0 aliphatic carbocycles. The Balaban J connectivity index is 1.19. The molecule has 3 aromatic carbocycles. The second-order valence-electron chi connectivity index (χ2n) is 8.00. The molecule has 1 amide bonds. The summed E-state index contributed by atoms with van der Waals surface area (Å²) < 4.78 is 10.7. The van der Waals surface area contributed by atoms with Crippen LogP contribution in [0.5, 0.6) is 11.5 Å². The molecule has 32 heavy (non-hydrogen) atoms. The van der Waals surface area contributed by atoms with E-state index >= 15 is 0 Å². The summed E-state index contributed by atoms with van der Waals surface area (Å²) in [5, 5.41) is 12.0. The van der Waals surface area contributed by atoms with Crippen LogP contribution in [0.2, 0.25) is 0 Å². The second-order valence-corrected chi connectivity index (χ2v) is 8.00. The molecule has 0 saturated carbocycles. The molecule has 0 spiro atoms. The third kappa shape index (κ3) is 4.15. The van der Waals surface area contributed by atoms with Crippen molar-refractivity contribution in [1.82, 2.24) is 10.2 Å². The first-order chi connectivity index (χ1) is 15.5. The number of hydrogen-bond donors (Lipinski definition) is 2. The largest absolute Gasteiger partial charge is 0.478 e. The van der Waals surface area contributed by atoms with E-state index in [-0.39, 0.29) is 18.3 Å². The predicted octanol–water partition coefficient (Wildman–Crippen LogP) is 3.56. The normalized spacial score (nSPS) is 14.2. The van der Waals surface area contributed by atoms with Gasteiger partial charge in [-0.15, -0.1) is 0 Å². The van der Waals surface area contributed by atoms with Crippen LogP contribution in [0.4, 0.5) is 0 Å². The molecule has 0 saturated heterocycles. The van der Waals surface area contributed by atoms with E-state index < -0.39 is 5.97 Å². The van der Waals surface area contributed by atoms with E-state index in [4.69, 9.17) is 14.6 Å². The van der Waals surface area contributed by atoms with Crippen molar-refractivity contribution in [3.8, 4) is 11.5 Å². The van der Waals surface area contributed by atoms with E-state index in [0.29, 0.717) is 17.9 Å². The van der Waals surface area contributed by atoms with Crippen molar-refractivity contribution in [2.75, 3.05) is 6.79 Å². The summed E-state index contributed by atoms with van der Waals surface area (Å²) in [5.41, 5.74) is 5.28. The molecule has 0 radical (unpaired) electrons. The highest BCUT2D eigenvalue weighted by molar-refractivity contribution is 5.94. The number of aromatic carboxylic acids is 1. The van der Waals surface area contributed by atoms with Crippen molar-refractivity contribution in [2.45, 2.75) is 26.2 Å². The molecule has 0 bridgehead atoms. The highest BCUT2D eigenvalue weighted by atomic mass is 16.7. The summed E-state index contributed by atoms with van der Waals surface area (Å²) >= 11 is 0. The minimum Gasteiger partial charge on any atom is -0.478 e. The zero-order valence-electron chi connectivity index (χ0n) is 17.3. The summed E-state index contributed by atoms with van der Waals surface area (Å²) in [5.74, 6) is 0.385. The van der Waals surface area contributed by atoms with E-state index in [9.17, 15) is 9.59 Å². The smallest absolute Gasteiger partial charge is 0.335 e. The van der Waals surface area contributed by atoms with Crippen LogP contribution in [-0.2, 0) is 26.2 Å². The second kappa shape index (κ2) is 8.36. The van der Waals surface area contributed by atoms with E-state index in [0.717, 1.165) is 42.1 Å². The Hall–Kier alpha value is -3.84. The third-order valence-electron chi connectivity index (χ3n) is 5.75. The fourth-order valence-corrected chi connectivity index (χ4v) is 4.06. The van der Waals surface area contributed by atoms with Crippen LogP contribution in [0.15, 0.2) is 60.7 Å². The van der Waals surface area contributed by atoms with Crippen LogP contribution in [0, 0.1) is 0 Å². The average Bonchev–Trinajstić information content (AvgIpc) is 3.43. The molecule has 5 rings (SSSR count). The number of fused-ring (bicyclic) bond motifs is 2. The maximum absolute atomic E-state index is 12.7. The van der Waals surface area contributed by atoms with Crippen molar-refractivity contribution in [3.05, 3.63) is 94.0 Å². The first-order valence-corrected chi connectivity index (χ1v) is 10.4. The minimum atomic E-state index is -0.922. The van der Waals surface area contributed by atoms with Gasteiger partial charge in [0.25, 0.3) is 5.91 Å². The van der Waals surface area contributed by atoms with E-state index in [2.05, 4.69) is 10.2 Å². The highest BCUT2D eigenvalue weighted by Gasteiger charge is 2.21. The Kier molecular flexibility index (Phi) is 5.25. The topological polar surface area (TPSA) is 88.1 Å². The van der Waals surface area contributed by atoms with Gasteiger partial charge in [0.2, 0.25) is 6.79 Å². The van der Waals surface area contributed by atoms with Gasteiger partial charge in [-0.2, -0.15) is 0 Å². The number of ether oxygens (including phenoxy) is 2. The van der Waals surface area contributed by atoms with Gasteiger partial charge in [0, 0.05) is 31.7 Å². The monoisotopic (exact) mass is 430 g/mol. The zero-order chi connectivity index (χ0) is 22.1. The third-order valence-corrected chi connectivity index (χ3v) is 5.75. The van der Waals surface area contributed by atoms with E-state index in [1.165, 1.54) is 5.56 Å². The molecule has 2 N–H and O–H groups in total. The quantitative estimate of drug-likeness (QED) is 0.622. The summed E-state index contributed by atoms with van der Waals surface area (Å²) in [4.78, 5) is 26.0. The maximum atomic E-state index is 12.7. The number of carboxylic acid groups (broad SMARTS) is 1. The number of carbonyl (C=O) groups excluding carboxylic acids is 1. The number of hydrogen-bond acceptors (Lipinski definition) is 5. The number of benzene rings is 3. The van der Waals surface area contributed by atoms with Gasteiger partial charge in [0.15, 0.2) is 11.5 Å². The van der Waals surface area contributed by atoms with Crippen molar-refractivity contribution in [3.63, 3.8) is 0 Å². The van der Waals surface area contributed by atoms with Crippen LogP contribution in [0.3, 0.4) is 0 Å². The van der Waals surface area contributed by atoms with E-state index in [1.807, 2.05) is 48.5 Å². The SMILES string of the molecule is O=C(O)c1ccc(CN2Cc3ccc(C(=O)NCc4ccc5c(c4)OCO5)cc3C2)cc1. The maximum Gasteiger partial charge on any atom is 0.335 e. The lowest BCUT2D eigenvalue weighted by Gasteiger charge is -2.14. The summed E-state index contributed by atoms with van der Waals surface area (Å²) in [7, 11) is 0. The number of carboxylic acids is 1. The molecule has 0 aromatic heterocycles. The number of rotatable bonds is 6. The van der Waals surface area contributed by atoms with Gasteiger partial charge >= 0.3 is 5.97 Å². The number of amides is 1. The van der Waals surface area contributed by atoms with Crippen LogP contribution in [0.25, 0.3) is 0 Å². The van der Waals surface area contributed by atoms with Gasteiger partial charge < -0.3 is 19.9 Å². The lowest BCUT2D eigenvalue weighted by Crippen LogP contribution is -2.22. The summed E-state index contributed by atoms with van der Waals surface area (Å²) in [6, 6.07) is 18.4. The molecule has 7 nitrogen and oxygen atoms in total. The van der Waals surface area contributed by atoms with Crippen LogP contribution in [0.1, 0.15) is 43.0 Å². The fourth-order valence-electron chi connectivity index (χ4n) is 4.06. The molecule has 2 aliphatic rings. The van der Waals surface area contributed by atoms with Crippen LogP contribution >= 0.6 is 0 Å². The molecule has 2 aliphatic heterocycles. The molecular formula is C25H22N2O5. The van der Waals surface area contributed by atoms with Gasteiger partial charge in [-0.25, -0.2) is 4.79 Å². The standard InChI is InChI=1S/C25H22N2O5/c28-24(26-11-17-3-8-22-23(9-17)32-15-31-22)19-6-7-20-13-27(14-21(20)10-19)12-16-1-4-18(5-2-16)25(29)30/h1-10H,11-15H2,(H,26,28)(H,29,30). The zero-order valence-corrected chi connectivity index (χ0v) is 17.3. The van der Waals surface area contributed by atoms with Crippen molar-refractivity contribution < 1.29 is 24.2 Å². The Labute approximate surface area is 185 Å². The molecule has 7 heteroatoms. The molecular weight excluding hydrogens is 408 g/mol. The Bertz CT molecular complexity index is 1190. The Morgan fingerprint density at radius 1 is 0.844 bits per heavy atom. The van der Waals surface area contributed by atoms with Gasteiger partial charge in [-0.1, -0.05) is 24.3 Å². The van der Waals surface area contributed by atoms with Gasteiger partial charge in [0.1, 0.15) is 0 Å². The van der Waals surface area contributed by atoms with Crippen molar-refractivity contribution >= 4 is 11.9 Å². The molecule has 162 valence electrons. The van der Waals surface area contributed by atoms with Crippen molar-refractivity contribution in [2.24, 2.45) is 0 Å². The molecule has 3 aromatic rings. The van der Waals surface area contributed by atoms with Crippen molar-refractivity contribution in [1.29, 1.82) is 0 Å². The minimum absolute atomic E-state index is 0.117. The number of nitrogens with zero attached hydrogens (tertiary/aromatic N) is 1. The average molecular weight is 430 g/mol. The van der Waals surface area contributed by atoms with Gasteiger partial charge in [-0.05, 0) is 58.7 Å².